The van der Waals surface area contributed by atoms with Crippen LogP contribution in [0.1, 0.15) is 31.2 Å². The molecule has 0 aromatic heterocycles. The van der Waals surface area contributed by atoms with Gasteiger partial charge in [0, 0.05) is 17.9 Å². The molecule has 0 spiro atoms. The van der Waals surface area contributed by atoms with Gasteiger partial charge in [-0.05, 0) is 31.7 Å². The molecule has 0 N–H and O–H groups in total. The molecule has 126 valence electrons. The average Bonchev–Trinajstić information content (AvgIpc) is 2.67. The van der Waals surface area contributed by atoms with Crippen LogP contribution in [0.2, 0.25) is 0 Å². The Labute approximate surface area is 133 Å². The lowest BCUT2D eigenvalue weighted by molar-refractivity contribution is -0.122. The zero-order valence-electron chi connectivity index (χ0n) is 12.5. The van der Waals surface area contributed by atoms with Crippen LogP contribution >= 0.6 is 0 Å². The van der Waals surface area contributed by atoms with Gasteiger partial charge in [0.2, 0.25) is 0 Å². The molecular formula is C16H18F2O4S. The maximum atomic E-state index is 12.5. The summed E-state index contributed by atoms with van der Waals surface area (Å²) >= 11 is 0. The number of ketones is 1. The van der Waals surface area contributed by atoms with Gasteiger partial charge in [-0.3, -0.25) is 4.79 Å². The van der Waals surface area contributed by atoms with Gasteiger partial charge in [0.05, 0.1) is 10.5 Å². The summed E-state index contributed by atoms with van der Waals surface area (Å²) in [6.07, 6.45) is 1.96. The minimum Gasteiger partial charge on any atom is -0.435 e. The van der Waals surface area contributed by atoms with Crippen LogP contribution in [0.15, 0.2) is 24.3 Å². The first-order chi connectivity index (χ1) is 10.9. The Balaban J connectivity index is 1.71. The van der Waals surface area contributed by atoms with Crippen LogP contribution in [-0.2, 0) is 21.1 Å². The SMILES string of the molecule is O=C(Cc1ccccc1OC(F)F)C1CC2CCC(C1)S2(=O)=O. The third-order valence-corrected chi connectivity index (χ3v) is 7.56. The zero-order valence-corrected chi connectivity index (χ0v) is 13.3. The number of Topliss-reactive ketones (excluding diaryl/α,β-unsaturated/α-hetero) is 1. The number of carbonyl (C=O) groups is 1. The predicted molar refractivity (Wildman–Crippen MR) is 80.2 cm³/mol. The number of sulfone groups is 1. The highest BCUT2D eigenvalue weighted by atomic mass is 32.2. The van der Waals surface area contributed by atoms with E-state index in [0.29, 0.717) is 31.2 Å². The van der Waals surface area contributed by atoms with Crippen LogP contribution < -0.4 is 4.74 Å². The van der Waals surface area contributed by atoms with Crippen molar-refractivity contribution in [2.24, 2.45) is 5.92 Å². The maximum absolute atomic E-state index is 12.5. The summed E-state index contributed by atoms with van der Waals surface area (Å²) in [6.45, 7) is -2.94. The molecule has 2 saturated heterocycles. The van der Waals surface area contributed by atoms with E-state index in [0.717, 1.165) is 0 Å². The molecule has 2 aliphatic rings. The number of para-hydroxylation sites is 1. The number of carbonyl (C=O) groups excluding carboxylic acids is 1. The van der Waals surface area contributed by atoms with E-state index < -0.39 is 26.9 Å². The lowest BCUT2D eigenvalue weighted by Gasteiger charge is -2.27. The number of rotatable bonds is 5. The van der Waals surface area contributed by atoms with Gasteiger partial charge in [-0.15, -0.1) is 0 Å². The summed E-state index contributed by atoms with van der Waals surface area (Å²) in [5.74, 6) is -0.403. The van der Waals surface area contributed by atoms with Crippen LogP contribution in [-0.4, -0.2) is 31.3 Å². The fourth-order valence-electron chi connectivity index (χ4n) is 3.66. The zero-order chi connectivity index (χ0) is 16.6. The molecule has 1 aromatic rings. The molecule has 2 atom stereocenters. The Bertz CT molecular complexity index is 682. The molecular weight excluding hydrogens is 326 g/mol. The van der Waals surface area contributed by atoms with Crippen molar-refractivity contribution in [3.63, 3.8) is 0 Å². The minimum atomic E-state index is -3.07. The standard InChI is InChI=1S/C16H18F2O4S/c17-16(18)22-15-4-2-1-3-10(15)9-14(19)11-7-12-5-6-13(8-11)23(12,20)21/h1-4,11-13,16H,5-9H2. The van der Waals surface area contributed by atoms with E-state index in [4.69, 9.17) is 0 Å². The van der Waals surface area contributed by atoms with Crippen LogP contribution in [0.25, 0.3) is 0 Å². The normalized spacial score (nSPS) is 28.7. The second-order valence-corrected chi connectivity index (χ2v) is 8.72. The molecule has 0 aliphatic carbocycles. The molecule has 0 saturated carbocycles. The summed E-state index contributed by atoms with van der Waals surface area (Å²) in [5.41, 5.74) is 0.415. The Morgan fingerprint density at radius 2 is 1.78 bits per heavy atom. The van der Waals surface area contributed by atoms with Crippen molar-refractivity contribution in [3.8, 4) is 5.75 Å². The molecule has 4 nitrogen and oxygen atoms in total. The molecule has 1 aromatic carbocycles. The molecule has 7 heteroatoms. The summed E-state index contributed by atoms with van der Waals surface area (Å²) in [6, 6.07) is 6.22. The number of fused-ring (bicyclic) bond motifs is 2. The molecule has 2 bridgehead atoms. The van der Waals surface area contributed by atoms with Gasteiger partial charge in [-0.2, -0.15) is 8.78 Å². The largest absolute Gasteiger partial charge is 0.435 e. The number of hydrogen-bond acceptors (Lipinski definition) is 4. The molecule has 23 heavy (non-hydrogen) atoms. The first-order valence-corrected chi connectivity index (χ1v) is 9.27. The smallest absolute Gasteiger partial charge is 0.387 e. The average molecular weight is 344 g/mol. The van der Waals surface area contributed by atoms with Crippen molar-refractivity contribution in [1.29, 1.82) is 0 Å². The van der Waals surface area contributed by atoms with Crippen molar-refractivity contribution in [1.82, 2.24) is 0 Å². The fourth-order valence-corrected chi connectivity index (χ4v) is 6.14. The van der Waals surface area contributed by atoms with Gasteiger partial charge in [-0.25, -0.2) is 8.42 Å². The third-order valence-electron chi connectivity index (χ3n) is 4.84. The fraction of sp³-hybridized carbons (Fsp3) is 0.562. The lowest BCUT2D eigenvalue weighted by atomic mass is 9.90. The number of hydrogen-bond donors (Lipinski definition) is 0. The van der Waals surface area contributed by atoms with Crippen LogP contribution in [0.5, 0.6) is 5.75 Å². The van der Waals surface area contributed by atoms with Crippen molar-refractivity contribution in [2.45, 2.75) is 49.2 Å². The maximum Gasteiger partial charge on any atom is 0.387 e. The molecule has 0 amide bonds. The van der Waals surface area contributed by atoms with E-state index in [9.17, 15) is 22.0 Å². The summed E-state index contributed by atoms with van der Waals surface area (Å²) < 4.78 is 53.4. The first-order valence-electron chi connectivity index (χ1n) is 7.66. The summed E-state index contributed by atoms with van der Waals surface area (Å²) in [4.78, 5) is 12.5. The van der Waals surface area contributed by atoms with Crippen molar-refractivity contribution in [3.05, 3.63) is 29.8 Å². The monoisotopic (exact) mass is 344 g/mol. The predicted octanol–water partition coefficient (Wildman–Crippen LogP) is 2.76. The highest BCUT2D eigenvalue weighted by molar-refractivity contribution is 7.93. The van der Waals surface area contributed by atoms with Gasteiger partial charge in [0.1, 0.15) is 11.5 Å². The van der Waals surface area contributed by atoms with Crippen LogP contribution in [0.4, 0.5) is 8.78 Å². The Hall–Kier alpha value is -1.50. The quantitative estimate of drug-likeness (QED) is 0.824. The first kappa shape index (κ1) is 16.4. The molecule has 2 fully saturated rings. The van der Waals surface area contributed by atoms with Crippen LogP contribution in [0.3, 0.4) is 0 Å². The molecule has 3 rings (SSSR count). The Morgan fingerprint density at radius 3 is 2.39 bits per heavy atom. The van der Waals surface area contributed by atoms with Crippen LogP contribution in [0, 0.1) is 5.92 Å². The molecule has 2 aliphatic heterocycles. The summed E-state index contributed by atoms with van der Waals surface area (Å²) in [7, 11) is -3.07. The Morgan fingerprint density at radius 1 is 1.17 bits per heavy atom. The van der Waals surface area contributed by atoms with E-state index in [-0.39, 0.29) is 23.9 Å². The second kappa shape index (κ2) is 6.19. The van der Waals surface area contributed by atoms with Gasteiger partial charge in [0.25, 0.3) is 0 Å². The van der Waals surface area contributed by atoms with E-state index >= 15 is 0 Å². The second-order valence-electron chi connectivity index (χ2n) is 6.21. The van der Waals surface area contributed by atoms with E-state index in [2.05, 4.69) is 4.74 Å². The number of ether oxygens (including phenoxy) is 1. The highest BCUT2D eigenvalue weighted by Gasteiger charge is 2.48. The van der Waals surface area contributed by atoms with Gasteiger partial charge < -0.3 is 4.74 Å². The van der Waals surface area contributed by atoms with E-state index in [1.165, 1.54) is 6.07 Å². The van der Waals surface area contributed by atoms with Gasteiger partial charge in [-0.1, -0.05) is 18.2 Å². The summed E-state index contributed by atoms with van der Waals surface area (Å²) in [5, 5.41) is -0.828. The van der Waals surface area contributed by atoms with Gasteiger partial charge in [0.15, 0.2) is 9.84 Å². The lowest BCUT2D eigenvalue weighted by Crippen LogP contribution is -2.36. The Kier molecular flexibility index (Phi) is 4.40. The number of halogens is 2. The molecule has 0 radical (unpaired) electrons. The van der Waals surface area contributed by atoms with Crippen molar-refractivity contribution < 1.29 is 26.7 Å². The number of alkyl halides is 2. The van der Waals surface area contributed by atoms with E-state index in [1.807, 2.05) is 0 Å². The number of benzene rings is 1. The van der Waals surface area contributed by atoms with Crippen molar-refractivity contribution >= 4 is 15.6 Å². The topological polar surface area (TPSA) is 60.4 Å². The molecule has 2 heterocycles. The van der Waals surface area contributed by atoms with E-state index in [1.54, 1.807) is 18.2 Å². The minimum absolute atomic E-state index is 0.00209. The third kappa shape index (κ3) is 3.24. The molecule has 2 unspecified atom stereocenters. The van der Waals surface area contributed by atoms with Gasteiger partial charge >= 0.3 is 6.61 Å². The van der Waals surface area contributed by atoms with Crippen molar-refractivity contribution in [2.75, 3.05) is 0 Å². The highest BCUT2D eigenvalue weighted by Crippen LogP contribution is 2.41.